The molecule has 2 aromatic rings. The van der Waals surface area contributed by atoms with Gasteiger partial charge in [0.15, 0.2) is 15.5 Å². The number of fused-ring (bicyclic) bond motifs is 1. The molecule has 1 amide bonds. The van der Waals surface area contributed by atoms with E-state index in [2.05, 4.69) is 18.1 Å². The Morgan fingerprint density at radius 1 is 1.18 bits per heavy atom. The van der Waals surface area contributed by atoms with Gasteiger partial charge in [0.25, 0.3) is 5.91 Å². The smallest absolute Gasteiger partial charge is 0.278 e. The number of amides is 1. The quantitative estimate of drug-likeness (QED) is 0.795. The molecule has 2 fully saturated rings. The van der Waals surface area contributed by atoms with E-state index < -0.39 is 9.84 Å². The molecule has 2 unspecified atom stereocenters. The number of carbonyl (C=O) groups excluding carboxylic acids is 1. The average molecular weight is 400 g/mol. The van der Waals surface area contributed by atoms with Crippen LogP contribution in [-0.4, -0.2) is 42.2 Å². The van der Waals surface area contributed by atoms with E-state index in [1.54, 1.807) is 0 Å². The summed E-state index contributed by atoms with van der Waals surface area (Å²) in [5, 5.41) is 4.65. The Morgan fingerprint density at radius 2 is 1.96 bits per heavy atom. The number of benzene rings is 1. The van der Waals surface area contributed by atoms with E-state index in [-0.39, 0.29) is 23.5 Å². The third-order valence-corrected chi connectivity index (χ3v) is 7.87. The minimum Gasteiger partial charge on any atom is -0.306 e. The van der Waals surface area contributed by atoms with Crippen LogP contribution in [-0.2, 0) is 16.3 Å². The van der Waals surface area contributed by atoms with Gasteiger partial charge in [0.2, 0.25) is 0 Å². The van der Waals surface area contributed by atoms with Gasteiger partial charge in [-0.1, -0.05) is 25.1 Å². The second kappa shape index (κ2) is 6.44. The molecule has 2 atom stereocenters. The largest absolute Gasteiger partial charge is 0.306 e. The van der Waals surface area contributed by atoms with Gasteiger partial charge in [0.1, 0.15) is 0 Å². The summed E-state index contributed by atoms with van der Waals surface area (Å²) in [6.07, 6.45) is 3.73. The van der Waals surface area contributed by atoms with Crippen LogP contribution in [0.3, 0.4) is 0 Å². The van der Waals surface area contributed by atoms with E-state index in [1.807, 2.05) is 33.8 Å². The van der Waals surface area contributed by atoms with Gasteiger partial charge in [-0.3, -0.25) is 9.48 Å². The lowest BCUT2D eigenvalue weighted by molar-refractivity contribution is 0.0975. The van der Waals surface area contributed by atoms with Crippen molar-refractivity contribution in [1.29, 1.82) is 0 Å². The molecule has 3 heterocycles. The summed E-state index contributed by atoms with van der Waals surface area (Å²) in [6, 6.07) is 9.83. The molecule has 0 N–H and O–H groups in total. The van der Waals surface area contributed by atoms with Crippen molar-refractivity contribution in [2.24, 2.45) is 5.92 Å². The number of nitrogens with zero attached hydrogens (tertiary/aromatic N) is 3. The van der Waals surface area contributed by atoms with Crippen LogP contribution in [0.4, 0.5) is 5.69 Å². The molecule has 1 aromatic heterocycles. The van der Waals surface area contributed by atoms with Gasteiger partial charge in [0.05, 0.1) is 17.5 Å². The summed E-state index contributed by atoms with van der Waals surface area (Å²) in [4.78, 5) is 15.2. The molecule has 1 saturated carbocycles. The van der Waals surface area contributed by atoms with Crippen LogP contribution in [0.1, 0.15) is 59.9 Å². The molecular weight excluding hydrogens is 374 g/mol. The number of hydrogen-bond acceptors (Lipinski definition) is 4. The topological polar surface area (TPSA) is 72.3 Å². The van der Waals surface area contributed by atoms with Crippen molar-refractivity contribution in [2.45, 2.75) is 44.6 Å². The summed E-state index contributed by atoms with van der Waals surface area (Å²) in [5.74, 6) is 1.06. The fourth-order valence-corrected chi connectivity index (χ4v) is 6.28. The van der Waals surface area contributed by atoms with Crippen molar-refractivity contribution in [1.82, 2.24) is 9.78 Å². The van der Waals surface area contributed by atoms with Gasteiger partial charge in [-0.05, 0) is 49.3 Å². The standard InChI is InChI=1S/C21H25N3O3S/c1-14-10-16-4-2-3-5-19(16)23(12-14)21(25)18-11-20(15-6-7-15)24(22-18)17-8-9-28(26,27)13-17/h2-5,11,14-15,17H,6-10,12-13H2,1H3. The van der Waals surface area contributed by atoms with Gasteiger partial charge in [-0.2, -0.15) is 5.10 Å². The summed E-state index contributed by atoms with van der Waals surface area (Å²) in [6.45, 7) is 2.84. The summed E-state index contributed by atoms with van der Waals surface area (Å²) < 4.78 is 25.8. The summed E-state index contributed by atoms with van der Waals surface area (Å²) in [5.41, 5.74) is 3.63. The fourth-order valence-electron chi connectivity index (χ4n) is 4.59. The molecule has 0 bridgehead atoms. The van der Waals surface area contributed by atoms with Crippen molar-refractivity contribution in [2.75, 3.05) is 23.0 Å². The zero-order valence-corrected chi connectivity index (χ0v) is 16.9. The zero-order chi connectivity index (χ0) is 19.5. The van der Waals surface area contributed by atoms with Crippen LogP contribution in [0.15, 0.2) is 30.3 Å². The normalized spacial score (nSPS) is 26.2. The first kappa shape index (κ1) is 17.9. The van der Waals surface area contributed by atoms with Crippen LogP contribution in [0.2, 0.25) is 0 Å². The highest BCUT2D eigenvalue weighted by Crippen LogP contribution is 2.42. The van der Waals surface area contributed by atoms with Crippen molar-refractivity contribution >= 4 is 21.4 Å². The van der Waals surface area contributed by atoms with Gasteiger partial charge >= 0.3 is 0 Å². The van der Waals surface area contributed by atoms with Crippen LogP contribution >= 0.6 is 0 Å². The first-order chi connectivity index (χ1) is 13.4. The highest BCUT2D eigenvalue weighted by molar-refractivity contribution is 7.91. The molecular formula is C21H25N3O3S. The molecule has 0 radical (unpaired) electrons. The second-order valence-electron chi connectivity index (χ2n) is 8.58. The first-order valence-electron chi connectivity index (χ1n) is 10.1. The Morgan fingerprint density at radius 3 is 2.68 bits per heavy atom. The van der Waals surface area contributed by atoms with Crippen molar-refractivity contribution in [3.63, 3.8) is 0 Å². The molecule has 28 heavy (non-hydrogen) atoms. The maximum absolute atomic E-state index is 13.4. The SMILES string of the molecule is CC1Cc2ccccc2N(C(=O)c2cc(C3CC3)n(C3CCS(=O)(=O)C3)n2)C1. The molecule has 2 aliphatic heterocycles. The summed E-state index contributed by atoms with van der Waals surface area (Å²) in [7, 11) is -3.00. The molecule has 5 rings (SSSR count). The third kappa shape index (κ3) is 3.15. The van der Waals surface area contributed by atoms with E-state index in [0.29, 0.717) is 30.5 Å². The van der Waals surface area contributed by atoms with Crippen LogP contribution in [0.25, 0.3) is 0 Å². The van der Waals surface area contributed by atoms with Crippen molar-refractivity contribution in [3.8, 4) is 0 Å². The van der Waals surface area contributed by atoms with Crippen molar-refractivity contribution < 1.29 is 13.2 Å². The Bertz CT molecular complexity index is 1040. The molecule has 148 valence electrons. The molecule has 3 aliphatic rings. The molecule has 1 aliphatic carbocycles. The monoisotopic (exact) mass is 399 g/mol. The number of sulfone groups is 1. The van der Waals surface area contributed by atoms with E-state index in [0.717, 1.165) is 30.6 Å². The lowest BCUT2D eigenvalue weighted by Crippen LogP contribution is -2.39. The first-order valence-corrected chi connectivity index (χ1v) is 11.9. The van der Waals surface area contributed by atoms with E-state index in [4.69, 9.17) is 0 Å². The number of anilines is 1. The summed E-state index contributed by atoms with van der Waals surface area (Å²) >= 11 is 0. The minimum absolute atomic E-state index is 0.0829. The van der Waals surface area contributed by atoms with Gasteiger partial charge in [-0.25, -0.2) is 8.42 Å². The number of hydrogen-bond donors (Lipinski definition) is 0. The average Bonchev–Trinajstić information content (AvgIpc) is 3.31. The van der Waals surface area contributed by atoms with Gasteiger partial charge < -0.3 is 4.90 Å². The Kier molecular flexibility index (Phi) is 4.12. The second-order valence-corrected chi connectivity index (χ2v) is 10.8. The Balaban J connectivity index is 1.50. The number of carbonyl (C=O) groups is 1. The Hall–Kier alpha value is -2.15. The molecule has 1 aromatic carbocycles. The van der Waals surface area contributed by atoms with E-state index >= 15 is 0 Å². The van der Waals surface area contributed by atoms with Crippen LogP contribution in [0, 0.1) is 5.92 Å². The van der Waals surface area contributed by atoms with E-state index in [9.17, 15) is 13.2 Å². The predicted molar refractivity (Wildman–Crippen MR) is 107 cm³/mol. The molecule has 1 saturated heterocycles. The number of para-hydroxylation sites is 1. The maximum Gasteiger partial charge on any atom is 0.278 e. The third-order valence-electron chi connectivity index (χ3n) is 6.12. The molecule has 6 nitrogen and oxygen atoms in total. The lowest BCUT2D eigenvalue weighted by atomic mass is 9.93. The zero-order valence-electron chi connectivity index (χ0n) is 16.0. The van der Waals surface area contributed by atoms with Crippen LogP contribution in [0.5, 0.6) is 0 Å². The number of rotatable bonds is 3. The predicted octanol–water partition coefficient (Wildman–Crippen LogP) is 2.96. The van der Waals surface area contributed by atoms with Gasteiger partial charge in [0, 0.05) is 23.8 Å². The highest BCUT2D eigenvalue weighted by Gasteiger charge is 2.37. The highest BCUT2D eigenvalue weighted by atomic mass is 32.2. The molecule has 7 heteroatoms. The lowest BCUT2D eigenvalue weighted by Gasteiger charge is -2.32. The maximum atomic E-state index is 13.4. The van der Waals surface area contributed by atoms with Crippen LogP contribution < -0.4 is 4.90 Å². The minimum atomic E-state index is -3.00. The Labute approximate surface area is 165 Å². The number of aromatic nitrogens is 2. The van der Waals surface area contributed by atoms with E-state index in [1.165, 1.54) is 5.56 Å². The van der Waals surface area contributed by atoms with Gasteiger partial charge in [-0.15, -0.1) is 0 Å². The molecule has 0 spiro atoms. The van der Waals surface area contributed by atoms with Crippen molar-refractivity contribution in [3.05, 3.63) is 47.3 Å². The fraction of sp³-hybridized carbons (Fsp3) is 0.524.